The highest BCUT2D eigenvalue weighted by Crippen LogP contribution is 2.43. The predicted octanol–water partition coefficient (Wildman–Crippen LogP) is -25.3. The van der Waals surface area contributed by atoms with E-state index < -0.39 is 476 Å². The van der Waals surface area contributed by atoms with Gasteiger partial charge in [-0.05, 0) is 6.92 Å². The van der Waals surface area contributed by atoms with Gasteiger partial charge in [0, 0.05) is 41.5 Å². The molecule has 0 bridgehead atoms. The van der Waals surface area contributed by atoms with Crippen molar-refractivity contribution in [3.63, 3.8) is 0 Å². The fourth-order valence-electron chi connectivity index (χ4n) is 19.5. The Labute approximate surface area is 849 Å². The summed E-state index contributed by atoms with van der Waals surface area (Å²) in [5.41, 5.74) is 0. The maximum atomic E-state index is 13.5. The Morgan fingerprint density at radius 2 is 0.413 bits per heavy atom. The van der Waals surface area contributed by atoms with Crippen molar-refractivity contribution < 1.29 is 296 Å². The van der Waals surface area contributed by atoms with Crippen molar-refractivity contribution in [3.8, 4) is 0 Å². The predicted molar refractivity (Wildman–Crippen MR) is 463 cm³/mol. The topological polar surface area (TPSA) is 1010 Å². The molecule has 66 heteroatoms. The summed E-state index contributed by atoms with van der Waals surface area (Å²) in [5.74, 6) is -5.86. The maximum absolute atomic E-state index is 13.5. The Bertz CT molecular complexity index is 4250. The maximum Gasteiger partial charge on any atom is 0.217 e. The Balaban J connectivity index is 0.951. The van der Waals surface area contributed by atoms with Crippen molar-refractivity contribution >= 4 is 35.4 Å². The van der Waals surface area contributed by atoms with Crippen molar-refractivity contribution in [2.75, 3.05) is 72.7 Å². The molecule has 12 heterocycles. The van der Waals surface area contributed by atoms with Gasteiger partial charge in [0.15, 0.2) is 75.5 Å². The van der Waals surface area contributed by atoms with Gasteiger partial charge in [-0.25, -0.2) is 0 Å². The fraction of sp³-hybridized carbons (Fsp3) is 0.929. The third-order valence-corrected chi connectivity index (χ3v) is 27.4. The molecule has 0 aromatic carbocycles. The molecule has 60 atom stereocenters. The number of carbonyl (C=O) groups excluding carboxylic acids is 6. The van der Waals surface area contributed by atoms with Crippen LogP contribution in [0.25, 0.3) is 0 Å². The quantitative estimate of drug-likeness (QED) is 0.0272. The van der Waals surface area contributed by atoms with Crippen LogP contribution < -0.4 is 31.9 Å². The Morgan fingerprint density at radius 3 is 0.813 bits per heavy atom. The van der Waals surface area contributed by atoms with Gasteiger partial charge in [-0.2, -0.15) is 0 Å². The summed E-state index contributed by atoms with van der Waals surface area (Å²) >= 11 is 0. The molecule has 0 spiro atoms. The highest BCUT2D eigenvalue weighted by molar-refractivity contribution is 5.75. The number of hydrogen-bond acceptors (Lipinski definition) is 60. The van der Waals surface area contributed by atoms with Crippen molar-refractivity contribution in [3.05, 3.63) is 0 Å². The minimum absolute atomic E-state index is 0.849. The Hall–Kier alpha value is -5.34. The smallest absolute Gasteiger partial charge is 0.217 e. The van der Waals surface area contributed by atoms with Gasteiger partial charge in [0.1, 0.15) is 287 Å². The van der Waals surface area contributed by atoms with Gasteiger partial charge in [-0.15, -0.1) is 0 Å². The van der Waals surface area contributed by atoms with Crippen LogP contribution in [-0.4, -0.2) is 635 Å². The van der Waals surface area contributed by atoms with Crippen LogP contribution >= 0.6 is 0 Å². The summed E-state index contributed by atoms with van der Waals surface area (Å²) < 4.78 is 140. The Kier molecular flexibility index (Phi) is 44.4. The molecule has 6 amide bonds. The van der Waals surface area contributed by atoms with Crippen LogP contribution in [0.2, 0.25) is 0 Å². The number of aliphatic hydroxyl groups is 31. The van der Waals surface area contributed by atoms with Crippen molar-refractivity contribution in [1.29, 1.82) is 0 Å². The van der Waals surface area contributed by atoms with E-state index in [1.165, 1.54) is 6.92 Å². The molecule has 866 valence electrons. The van der Waals surface area contributed by atoms with Crippen LogP contribution in [-0.2, 0) is 138 Å². The first kappa shape index (κ1) is 123. The molecule has 12 fully saturated rings. The van der Waals surface area contributed by atoms with Gasteiger partial charge in [0.2, 0.25) is 35.4 Å². The van der Waals surface area contributed by atoms with E-state index in [4.69, 9.17) is 109 Å². The molecule has 12 rings (SSSR count). The van der Waals surface area contributed by atoms with Gasteiger partial charge >= 0.3 is 0 Å². The van der Waals surface area contributed by atoms with E-state index in [1.54, 1.807) is 0 Å². The van der Waals surface area contributed by atoms with Gasteiger partial charge < -0.3 is 299 Å². The van der Waals surface area contributed by atoms with E-state index in [0.29, 0.717) is 0 Å². The number of nitrogens with one attached hydrogen (secondary N) is 6. The van der Waals surface area contributed by atoms with E-state index in [0.717, 1.165) is 41.5 Å². The van der Waals surface area contributed by atoms with Crippen LogP contribution in [0.15, 0.2) is 0 Å². The normalized spacial score (nSPS) is 48.8. The third-order valence-electron chi connectivity index (χ3n) is 27.4. The number of amides is 6. The van der Waals surface area contributed by atoms with Crippen molar-refractivity contribution in [2.24, 2.45) is 0 Å². The molecule has 0 saturated carbocycles. The molecule has 0 radical (unpaired) electrons. The van der Waals surface area contributed by atoms with E-state index in [-0.39, 0.29) is 0 Å². The first-order chi connectivity index (χ1) is 70.9. The number of hydrogen-bond donors (Lipinski definition) is 37. The number of rotatable bonds is 39. The van der Waals surface area contributed by atoms with Gasteiger partial charge in [0.05, 0.1) is 78.8 Å². The highest BCUT2D eigenvalue weighted by atomic mass is 16.8. The largest absolute Gasteiger partial charge is 0.394 e. The molecule has 12 aliphatic heterocycles. The molecule has 66 nitrogen and oxygen atoms in total. The average Bonchev–Trinajstić information content (AvgIpc) is 0.753. The SMILES string of the molecule is CC(=O)N[C@@H]1[C@H](O[C@@H]2[C@@H](O[C@@H]3[C@H](O)[C@H](O[C@H]4[C@H](O)[C@@H](NC(C)=O)[C@H](O[C@H]5[C@H](O)[C@@H](NC(C)=O)[C@H](O)O[C@@H]5CO)O[C@@H]4CO)O[C@H](CO[C@H]4O[C@H](CO[C@@H]5O[C@H](CO)[C@@H](O)[C@H](O)[C@H]5NC(C)=O)[C@@H](O)[C@H](O)[C@@H]4O[C@@H]4O[C@H](CO)[C@@H](O[C@@H]5O[C@H](CO)[C@H](O)[C@H](O)[C@H]5O[C@@H]5O[C@@H](C)[C@@H](O)[C@@H](O)[C@@H]5O)[C@H](O)[C@H]4NC(C)=O)[C@H]3O)O[C@H](CO)[C@@H](O[C@@H]3O[C@H](CO)[C@@H](O)[C@H](O)[C@H]3NC(C)=O)[C@@H]2O)O[C@H](CO)[C@@H](O[C@@H]2O[C@H](CO)[C@H](O)[C@H](O)[C@H]2O)[C@@H]1O. The summed E-state index contributed by atoms with van der Waals surface area (Å²) in [4.78, 5) is 78.2. The van der Waals surface area contributed by atoms with Crippen molar-refractivity contribution in [1.82, 2.24) is 31.9 Å². The van der Waals surface area contributed by atoms with E-state index >= 15 is 0 Å². The number of ether oxygens (including phenoxy) is 23. The second kappa shape index (κ2) is 54.0. The Morgan fingerprint density at radius 1 is 0.187 bits per heavy atom. The second-order valence-corrected chi connectivity index (χ2v) is 38.1. The van der Waals surface area contributed by atoms with Crippen LogP contribution in [0.3, 0.4) is 0 Å². The number of carbonyl (C=O) groups is 6. The average molecular weight is 2190 g/mol. The lowest BCUT2D eigenvalue weighted by Gasteiger charge is -2.52. The fourth-order valence-corrected chi connectivity index (χ4v) is 19.5. The van der Waals surface area contributed by atoms with Crippen LogP contribution in [0, 0.1) is 0 Å². The van der Waals surface area contributed by atoms with Gasteiger partial charge in [-0.3, -0.25) is 28.8 Å². The molecule has 0 aromatic rings. The molecule has 150 heavy (non-hydrogen) atoms. The molecular formula is C84H140N6O60. The van der Waals surface area contributed by atoms with Gasteiger partial charge in [-0.1, -0.05) is 0 Å². The van der Waals surface area contributed by atoms with E-state index in [1.807, 2.05) is 0 Å². The summed E-state index contributed by atoms with van der Waals surface area (Å²) in [6, 6.07) is -11.8. The van der Waals surface area contributed by atoms with E-state index in [2.05, 4.69) is 31.9 Å². The summed E-state index contributed by atoms with van der Waals surface area (Å²) in [6.07, 6.45) is -118. The first-order valence-corrected chi connectivity index (χ1v) is 48.0. The zero-order valence-electron chi connectivity index (χ0n) is 81.1. The van der Waals surface area contributed by atoms with Crippen molar-refractivity contribution in [2.45, 2.75) is 417 Å². The summed E-state index contributed by atoms with van der Waals surface area (Å²) in [7, 11) is 0. The molecule has 0 unspecified atom stereocenters. The molecule has 0 aliphatic carbocycles. The molecular weight excluding hydrogens is 2050 g/mol. The summed E-state index contributed by atoms with van der Waals surface area (Å²) in [6.45, 7) is -6.50. The molecule has 12 saturated heterocycles. The van der Waals surface area contributed by atoms with Gasteiger partial charge in [0.25, 0.3) is 0 Å². The minimum Gasteiger partial charge on any atom is -0.394 e. The number of aliphatic hydroxyl groups excluding tert-OH is 31. The lowest BCUT2D eigenvalue weighted by Crippen LogP contribution is -2.71. The summed E-state index contributed by atoms with van der Waals surface area (Å²) in [5, 5.41) is 368. The van der Waals surface area contributed by atoms with Crippen LogP contribution in [0.4, 0.5) is 0 Å². The second-order valence-electron chi connectivity index (χ2n) is 38.1. The van der Waals surface area contributed by atoms with Crippen LogP contribution in [0.1, 0.15) is 48.5 Å². The lowest BCUT2D eigenvalue weighted by atomic mass is 9.93. The first-order valence-electron chi connectivity index (χ1n) is 48.0. The van der Waals surface area contributed by atoms with Crippen LogP contribution in [0.5, 0.6) is 0 Å². The standard InChI is InChI=1S/C84H140N6O60/c1-19-43(106)56(119)60(123)79(130-19)150-71-58(121)47(110)29(11-94)135-83(71)146-67-33(15-98)138-77(42(55(67)118)90-25(7)105)148-70-59(122)48(111)35(17-128-74-38(86-21(3)101)50(113)44(107)26(8-91)132-74)141-82(70)129-18-36-49(112)69(63(126)81(140-36)145-66-32(14-97)136-76(40(53(66)116)88-23(5)103)142-64-30(12-95)131-73(127)37(52(64)115)85-20(2)100)147-84-72(62(125)68(34(16-99)139-84)143-75-39(87-22(4)102)51(114)45(108)27(9-92)133-75)149-78-41(89-24(6)104)54(117)65(31(13-96)137-78)144-80-61(124)57(120)46(109)28(10-93)134-80/h19,26-84,91-99,106-127H,8-18H2,1-7H3,(H,85,100)(H,86,101)(H,87,102)(H,88,103)(H,89,104)(H,90,105)/t19-,26+,27+,28+,29+,30+,31+,32+,33+,34+,35+,36+,37+,38+,39+,40+,41-,42+,43+,44+,45+,46-,47-,48+,49+,50+,51+,52+,53+,54+,55+,56+,57-,58-,59-,60-,61+,62-,63-,64+,65+,66+,67+,68+,69-,70-,71+,72-,73+,74+,75-,76-,77-,78-,79-,80-,81-,82-,83-,84+/m0/s1. The monoisotopic (exact) mass is 2190 g/mol. The molecule has 0 aromatic heterocycles. The lowest BCUT2D eigenvalue weighted by molar-refractivity contribution is -0.406. The zero-order chi connectivity index (χ0) is 110. The minimum atomic E-state index is -2.81. The third kappa shape index (κ3) is 27.5. The molecule has 12 aliphatic rings. The highest BCUT2D eigenvalue weighted by Gasteiger charge is 2.64. The zero-order valence-corrected chi connectivity index (χ0v) is 81.1. The molecule has 37 N–H and O–H groups in total. The van der Waals surface area contributed by atoms with E-state index in [9.17, 15) is 187 Å².